The van der Waals surface area contributed by atoms with Gasteiger partial charge in [0, 0.05) is 6.54 Å². The van der Waals surface area contributed by atoms with Gasteiger partial charge in [-0.25, -0.2) is 0 Å². The number of fused-ring (bicyclic) bond motifs is 1. The average Bonchev–Trinajstić information content (AvgIpc) is 3.24. The molecule has 0 aromatic heterocycles. The number of ether oxygens (including phenoxy) is 2. The molecule has 0 amide bonds. The monoisotopic (exact) mass is 461 g/mol. The highest BCUT2D eigenvalue weighted by Gasteiger charge is 2.24. The molecule has 1 aliphatic heterocycles. The minimum Gasteiger partial charge on any atom is -0.497 e. The lowest BCUT2D eigenvalue weighted by Gasteiger charge is -2.26. The fourth-order valence-corrected chi connectivity index (χ4v) is 4.94. The van der Waals surface area contributed by atoms with Crippen molar-refractivity contribution in [2.75, 3.05) is 33.4 Å². The Hall–Kier alpha value is -2.75. The Morgan fingerprint density at radius 3 is 2.24 bits per heavy atom. The van der Waals surface area contributed by atoms with E-state index in [1.165, 1.54) is 65.8 Å². The van der Waals surface area contributed by atoms with Crippen molar-refractivity contribution in [1.29, 1.82) is 0 Å². The maximum absolute atomic E-state index is 6.06. The maximum atomic E-state index is 6.06. The molecule has 1 saturated heterocycles. The minimum absolute atomic E-state index is 0. The van der Waals surface area contributed by atoms with Crippen LogP contribution in [0.2, 0.25) is 0 Å². The second-order valence-corrected chi connectivity index (χ2v) is 8.69. The van der Waals surface area contributed by atoms with Crippen molar-refractivity contribution in [2.45, 2.75) is 25.7 Å². The lowest BCUT2D eigenvalue weighted by Crippen LogP contribution is -2.33. The van der Waals surface area contributed by atoms with Crippen molar-refractivity contribution in [3.8, 4) is 11.5 Å². The third kappa shape index (κ3) is 5.26. The highest BCUT2D eigenvalue weighted by Crippen LogP contribution is 2.43. The van der Waals surface area contributed by atoms with Crippen molar-refractivity contribution in [2.24, 2.45) is 0 Å². The maximum Gasteiger partial charge on any atom is 0.119 e. The predicted molar refractivity (Wildman–Crippen MR) is 139 cm³/mol. The van der Waals surface area contributed by atoms with Crippen LogP contribution in [0.3, 0.4) is 0 Å². The van der Waals surface area contributed by atoms with E-state index >= 15 is 0 Å². The normalized spacial score (nSPS) is 15.7. The van der Waals surface area contributed by atoms with Crippen LogP contribution in [-0.2, 0) is 6.42 Å². The molecule has 33 heavy (non-hydrogen) atoms. The molecule has 0 atom stereocenters. The summed E-state index contributed by atoms with van der Waals surface area (Å²) in [5.74, 6) is 1.86. The van der Waals surface area contributed by atoms with E-state index in [4.69, 9.17) is 9.47 Å². The summed E-state index contributed by atoms with van der Waals surface area (Å²) in [6.07, 6.45) is 4.93. The fourth-order valence-electron chi connectivity index (χ4n) is 4.94. The van der Waals surface area contributed by atoms with E-state index in [0.29, 0.717) is 0 Å². The topological polar surface area (TPSA) is 21.7 Å². The Balaban J connectivity index is 0.00000259. The van der Waals surface area contributed by atoms with Gasteiger partial charge in [0.2, 0.25) is 0 Å². The number of allylic oxidation sites excluding steroid dienone is 1. The second kappa shape index (κ2) is 10.9. The van der Waals surface area contributed by atoms with Crippen molar-refractivity contribution in [1.82, 2.24) is 4.90 Å². The van der Waals surface area contributed by atoms with Gasteiger partial charge >= 0.3 is 0 Å². The van der Waals surface area contributed by atoms with Gasteiger partial charge < -0.3 is 9.47 Å². The molecule has 172 valence electrons. The number of hydrogen-bond acceptors (Lipinski definition) is 3. The highest BCUT2D eigenvalue weighted by atomic mass is 35.5. The van der Waals surface area contributed by atoms with Crippen LogP contribution >= 0.6 is 12.4 Å². The molecule has 5 rings (SSSR count). The lowest BCUT2D eigenvalue weighted by atomic mass is 9.94. The lowest BCUT2D eigenvalue weighted by molar-refractivity contribution is 0.183. The van der Waals surface area contributed by atoms with Crippen molar-refractivity contribution >= 4 is 23.6 Å². The summed E-state index contributed by atoms with van der Waals surface area (Å²) in [7, 11) is 1.73. The molecule has 1 heterocycles. The van der Waals surface area contributed by atoms with Gasteiger partial charge in [-0.15, -0.1) is 12.4 Å². The third-order valence-corrected chi connectivity index (χ3v) is 6.64. The fraction of sp³-hybridized carbons (Fsp3) is 0.310. The van der Waals surface area contributed by atoms with E-state index in [-0.39, 0.29) is 12.4 Å². The van der Waals surface area contributed by atoms with Crippen LogP contribution in [0.4, 0.5) is 0 Å². The first kappa shape index (κ1) is 23.4. The van der Waals surface area contributed by atoms with Crippen LogP contribution < -0.4 is 9.47 Å². The molecular formula is C29H32ClNO2. The third-order valence-electron chi connectivity index (χ3n) is 6.64. The SMILES string of the molecule is COc1ccc2c(c1)CC(c1ccccc1)=C2c1ccc(OCCN2CCCCC2)cc1.Cl. The largest absolute Gasteiger partial charge is 0.497 e. The zero-order chi connectivity index (χ0) is 21.8. The Kier molecular flexibility index (Phi) is 7.74. The number of nitrogens with zero attached hydrogens (tertiary/aromatic N) is 1. The molecule has 0 unspecified atom stereocenters. The number of piperidine rings is 1. The zero-order valence-corrected chi connectivity index (χ0v) is 20.1. The van der Waals surface area contributed by atoms with Gasteiger partial charge in [-0.05, 0) is 90.0 Å². The van der Waals surface area contributed by atoms with Crippen LogP contribution in [0.1, 0.15) is 41.5 Å². The quantitative estimate of drug-likeness (QED) is 0.401. The molecule has 4 heteroatoms. The highest BCUT2D eigenvalue weighted by molar-refractivity contribution is 6.03. The van der Waals surface area contributed by atoms with E-state index < -0.39 is 0 Å². The van der Waals surface area contributed by atoms with E-state index in [2.05, 4.69) is 77.7 Å². The van der Waals surface area contributed by atoms with E-state index in [1.54, 1.807) is 7.11 Å². The number of likely N-dealkylation sites (tertiary alicyclic amines) is 1. The van der Waals surface area contributed by atoms with Gasteiger partial charge in [-0.2, -0.15) is 0 Å². The van der Waals surface area contributed by atoms with Crippen LogP contribution in [-0.4, -0.2) is 38.3 Å². The summed E-state index contributed by atoms with van der Waals surface area (Å²) < 4.78 is 11.5. The second-order valence-electron chi connectivity index (χ2n) is 8.69. The van der Waals surface area contributed by atoms with Crippen LogP contribution in [0.25, 0.3) is 11.1 Å². The van der Waals surface area contributed by atoms with Crippen LogP contribution in [0.15, 0.2) is 72.8 Å². The molecule has 0 saturated carbocycles. The predicted octanol–water partition coefficient (Wildman–Crippen LogP) is 6.50. The van der Waals surface area contributed by atoms with E-state index in [0.717, 1.165) is 31.1 Å². The molecule has 2 aliphatic rings. The van der Waals surface area contributed by atoms with Crippen LogP contribution in [0.5, 0.6) is 11.5 Å². The number of benzene rings is 3. The van der Waals surface area contributed by atoms with Crippen LogP contribution in [0, 0.1) is 0 Å². The molecule has 1 fully saturated rings. The summed E-state index contributed by atoms with van der Waals surface area (Å²) in [6.45, 7) is 4.19. The molecule has 3 aromatic rings. The Morgan fingerprint density at radius 1 is 0.788 bits per heavy atom. The van der Waals surface area contributed by atoms with Gasteiger partial charge in [0.05, 0.1) is 7.11 Å². The number of rotatable bonds is 7. The van der Waals surface area contributed by atoms with Crippen molar-refractivity contribution in [3.63, 3.8) is 0 Å². The molecule has 0 N–H and O–H groups in total. The van der Waals surface area contributed by atoms with Gasteiger partial charge in [-0.1, -0.05) is 55.0 Å². The van der Waals surface area contributed by atoms with E-state index in [9.17, 15) is 0 Å². The van der Waals surface area contributed by atoms with Crippen molar-refractivity contribution in [3.05, 3.63) is 95.1 Å². The molecule has 0 bridgehead atoms. The summed E-state index contributed by atoms with van der Waals surface area (Å²) in [4.78, 5) is 2.51. The smallest absolute Gasteiger partial charge is 0.119 e. The Bertz CT molecular complexity index is 1090. The first-order valence-corrected chi connectivity index (χ1v) is 11.7. The zero-order valence-electron chi connectivity index (χ0n) is 19.3. The van der Waals surface area contributed by atoms with E-state index in [1.807, 2.05) is 0 Å². The molecule has 1 aliphatic carbocycles. The number of methoxy groups -OCH3 is 1. The summed E-state index contributed by atoms with van der Waals surface area (Å²) in [5, 5.41) is 0. The van der Waals surface area contributed by atoms with Gasteiger partial charge in [-0.3, -0.25) is 4.90 Å². The molecule has 3 aromatic carbocycles. The average molecular weight is 462 g/mol. The summed E-state index contributed by atoms with van der Waals surface area (Å²) in [5.41, 5.74) is 7.81. The van der Waals surface area contributed by atoms with Gasteiger partial charge in [0.25, 0.3) is 0 Å². The number of hydrogen-bond donors (Lipinski definition) is 0. The minimum atomic E-state index is 0. The van der Waals surface area contributed by atoms with Gasteiger partial charge in [0.1, 0.15) is 18.1 Å². The standard InChI is InChI=1S/C29H31NO2.ClH/c1-31-26-14-15-27-24(20-26)21-28(22-8-4-2-5-9-22)29(27)23-10-12-25(13-11-23)32-19-18-30-16-6-3-7-17-30;/h2,4-5,8-15,20H,3,6-7,16-19,21H2,1H3;1H. The van der Waals surface area contributed by atoms with Crippen molar-refractivity contribution < 1.29 is 9.47 Å². The molecular weight excluding hydrogens is 430 g/mol. The molecule has 3 nitrogen and oxygen atoms in total. The Morgan fingerprint density at radius 2 is 1.52 bits per heavy atom. The van der Waals surface area contributed by atoms with Gasteiger partial charge in [0.15, 0.2) is 0 Å². The first-order chi connectivity index (χ1) is 15.8. The number of halogens is 1. The molecule has 0 spiro atoms. The first-order valence-electron chi connectivity index (χ1n) is 11.7. The Labute approximate surface area is 203 Å². The summed E-state index contributed by atoms with van der Waals surface area (Å²) >= 11 is 0. The summed E-state index contributed by atoms with van der Waals surface area (Å²) in [6, 6.07) is 25.8. The molecule has 0 radical (unpaired) electrons.